The third-order valence-corrected chi connectivity index (χ3v) is 4.62. The molecule has 7 heteroatoms. The van der Waals surface area contributed by atoms with Crippen molar-refractivity contribution in [2.24, 2.45) is 7.05 Å². The molecule has 1 saturated heterocycles. The number of nitrogens with zero attached hydrogens (tertiary/aromatic N) is 4. The highest BCUT2D eigenvalue weighted by atomic mass is 19.1. The van der Waals surface area contributed by atoms with Crippen LogP contribution in [0.1, 0.15) is 12.8 Å². The van der Waals surface area contributed by atoms with Gasteiger partial charge in [-0.3, -0.25) is 9.36 Å². The smallest absolute Gasteiger partial charge is 0.259 e. The molecule has 4 rings (SSSR count). The van der Waals surface area contributed by atoms with Crippen LogP contribution in [-0.4, -0.2) is 27.6 Å². The van der Waals surface area contributed by atoms with Crippen LogP contribution >= 0.6 is 0 Å². The molecule has 0 aliphatic carbocycles. The van der Waals surface area contributed by atoms with Crippen molar-refractivity contribution < 1.29 is 4.39 Å². The number of nitrogen functional groups attached to an aromatic ring is 1. The van der Waals surface area contributed by atoms with E-state index in [1.807, 2.05) is 0 Å². The number of pyridine rings is 1. The van der Waals surface area contributed by atoms with E-state index in [-0.39, 0.29) is 17.3 Å². The average molecular weight is 339 g/mol. The minimum atomic E-state index is -0.338. The molecule has 2 aromatic heterocycles. The van der Waals surface area contributed by atoms with Gasteiger partial charge < -0.3 is 10.6 Å². The van der Waals surface area contributed by atoms with E-state index in [0.717, 1.165) is 37.1 Å². The first-order valence-corrected chi connectivity index (χ1v) is 8.23. The largest absolute Gasteiger partial charge is 0.368 e. The number of hydrogen-bond acceptors (Lipinski definition) is 5. The molecule has 1 fully saturated rings. The van der Waals surface area contributed by atoms with Gasteiger partial charge in [0, 0.05) is 25.7 Å². The van der Waals surface area contributed by atoms with Crippen molar-refractivity contribution in [2.45, 2.75) is 12.8 Å². The van der Waals surface area contributed by atoms with Crippen molar-refractivity contribution >= 4 is 22.8 Å². The van der Waals surface area contributed by atoms with Gasteiger partial charge in [-0.1, -0.05) is 12.1 Å². The quantitative estimate of drug-likeness (QED) is 0.775. The van der Waals surface area contributed by atoms with Gasteiger partial charge in [-0.05, 0) is 36.6 Å². The van der Waals surface area contributed by atoms with Crippen molar-refractivity contribution in [3.8, 4) is 11.1 Å². The van der Waals surface area contributed by atoms with Crippen molar-refractivity contribution in [1.82, 2.24) is 14.5 Å². The predicted molar refractivity (Wildman–Crippen MR) is 96.0 cm³/mol. The maximum Gasteiger partial charge on any atom is 0.259 e. The summed E-state index contributed by atoms with van der Waals surface area (Å²) >= 11 is 0. The zero-order chi connectivity index (χ0) is 17.6. The molecular formula is C18H18FN5O. The molecule has 128 valence electrons. The average Bonchev–Trinajstić information content (AvgIpc) is 3.13. The van der Waals surface area contributed by atoms with E-state index >= 15 is 0 Å². The highest BCUT2D eigenvalue weighted by Gasteiger charge is 2.20. The minimum absolute atomic E-state index is 0.152. The first-order chi connectivity index (χ1) is 12.0. The number of halogens is 1. The molecule has 0 amide bonds. The Labute approximate surface area is 143 Å². The van der Waals surface area contributed by atoms with Gasteiger partial charge in [0.15, 0.2) is 0 Å². The second-order valence-corrected chi connectivity index (χ2v) is 6.27. The highest BCUT2D eigenvalue weighted by Crippen LogP contribution is 2.29. The molecule has 0 bridgehead atoms. The Morgan fingerprint density at radius 2 is 1.80 bits per heavy atom. The van der Waals surface area contributed by atoms with Gasteiger partial charge in [0.1, 0.15) is 17.3 Å². The summed E-state index contributed by atoms with van der Waals surface area (Å²) < 4.78 is 14.7. The van der Waals surface area contributed by atoms with Gasteiger partial charge in [0.2, 0.25) is 5.95 Å². The molecular weight excluding hydrogens is 321 g/mol. The Bertz CT molecular complexity index is 1010. The minimum Gasteiger partial charge on any atom is -0.368 e. The Morgan fingerprint density at radius 1 is 1.12 bits per heavy atom. The molecule has 0 radical (unpaired) electrons. The number of anilines is 2. The van der Waals surface area contributed by atoms with E-state index in [2.05, 4.69) is 14.9 Å². The van der Waals surface area contributed by atoms with Crippen molar-refractivity contribution in [3.05, 3.63) is 46.5 Å². The van der Waals surface area contributed by atoms with E-state index in [9.17, 15) is 9.18 Å². The first-order valence-electron chi connectivity index (χ1n) is 8.23. The van der Waals surface area contributed by atoms with Gasteiger partial charge >= 0.3 is 0 Å². The molecule has 0 unspecified atom stereocenters. The Balaban J connectivity index is 2.01. The van der Waals surface area contributed by atoms with E-state index in [1.54, 1.807) is 25.2 Å². The molecule has 3 aromatic rings. The number of benzene rings is 1. The summed E-state index contributed by atoms with van der Waals surface area (Å²) in [7, 11) is 1.66. The monoisotopic (exact) mass is 339 g/mol. The van der Waals surface area contributed by atoms with Gasteiger partial charge in [-0.15, -0.1) is 0 Å². The lowest BCUT2D eigenvalue weighted by Gasteiger charge is -2.20. The molecule has 1 aromatic carbocycles. The highest BCUT2D eigenvalue weighted by molar-refractivity contribution is 5.91. The maximum absolute atomic E-state index is 13.2. The van der Waals surface area contributed by atoms with E-state index < -0.39 is 0 Å². The second kappa shape index (κ2) is 5.84. The summed E-state index contributed by atoms with van der Waals surface area (Å²) in [5.41, 5.74) is 7.32. The fourth-order valence-corrected chi connectivity index (χ4v) is 3.34. The maximum atomic E-state index is 13.2. The van der Waals surface area contributed by atoms with Crippen LogP contribution in [0, 0.1) is 5.82 Å². The second-order valence-electron chi connectivity index (χ2n) is 6.27. The zero-order valence-electron chi connectivity index (χ0n) is 13.9. The van der Waals surface area contributed by atoms with Crippen LogP contribution in [-0.2, 0) is 7.05 Å². The zero-order valence-corrected chi connectivity index (χ0v) is 13.9. The van der Waals surface area contributed by atoms with Crippen LogP contribution in [0.4, 0.5) is 16.2 Å². The normalized spacial score (nSPS) is 14.4. The summed E-state index contributed by atoms with van der Waals surface area (Å²) in [5, 5.41) is 0.775. The number of aryl methyl sites for hydroxylation is 1. The standard InChI is InChI=1S/C18H18FN5O/c1-23-15-14(16(22-18(20)21-15)24-8-2-3-9-24)10-13(17(23)25)11-4-6-12(19)7-5-11/h4-7,10H,2-3,8-9H2,1H3,(H2,20,21,22). The van der Waals surface area contributed by atoms with Crippen molar-refractivity contribution in [3.63, 3.8) is 0 Å². The van der Waals surface area contributed by atoms with Crippen molar-refractivity contribution in [2.75, 3.05) is 23.7 Å². The Morgan fingerprint density at radius 3 is 2.48 bits per heavy atom. The summed E-state index contributed by atoms with van der Waals surface area (Å²) in [4.78, 5) is 23.6. The fraction of sp³-hybridized carbons (Fsp3) is 0.278. The molecule has 1 aliphatic heterocycles. The Kier molecular flexibility index (Phi) is 3.63. The molecule has 0 spiro atoms. The molecule has 0 atom stereocenters. The summed E-state index contributed by atoms with van der Waals surface area (Å²) in [5.74, 6) is 0.563. The fourth-order valence-electron chi connectivity index (χ4n) is 3.34. The third-order valence-electron chi connectivity index (χ3n) is 4.62. The van der Waals surface area contributed by atoms with Crippen LogP contribution < -0.4 is 16.2 Å². The first kappa shape index (κ1) is 15.6. The van der Waals surface area contributed by atoms with Crippen LogP contribution in [0.25, 0.3) is 22.2 Å². The van der Waals surface area contributed by atoms with E-state index in [1.165, 1.54) is 16.7 Å². The van der Waals surface area contributed by atoms with Gasteiger partial charge in [-0.25, -0.2) is 4.39 Å². The van der Waals surface area contributed by atoms with Crippen LogP contribution in [0.5, 0.6) is 0 Å². The van der Waals surface area contributed by atoms with Crippen LogP contribution in [0.15, 0.2) is 35.1 Å². The number of aromatic nitrogens is 3. The molecule has 2 N–H and O–H groups in total. The molecule has 6 nitrogen and oxygen atoms in total. The van der Waals surface area contributed by atoms with Gasteiger partial charge in [-0.2, -0.15) is 9.97 Å². The number of nitrogens with two attached hydrogens (primary N) is 1. The SMILES string of the molecule is Cn1c(=O)c(-c2ccc(F)cc2)cc2c(N3CCCC3)nc(N)nc21. The van der Waals surface area contributed by atoms with Crippen LogP contribution in [0.2, 0.25) is 0 Å². The van der Waals surface area contributed by atoms with Gasteiger partial charge in [0.05, 0.1) is 5.39 Å². The molecule has 0 saturated carbocycles. The number of fused-ring (bicyclic) bond motifs is 1. The molecule has 3 heterocycles. The lowest BCUT2D eigenvalue weighted by Crippen LogP contribution is -2.24. The van der Waals surface area contributed by atoms with E-state index in [0.29, 0.717) is 16.8 Å². The molecule has 25 heavy (non-hydrogen) atoms. The van der Waals surface area contributed by atoms with Crippen molar-refractivity contribution in [1.29, 1.82) is 0 Å². The third kappa shape index (κ3) is 2.61. The predicted octanol–water partition coefficient (Wildman–Crippen LogP) is 2.32. The number of hydrogen-bond donors (Lipinski definition) is 1. The lowest BCUT2D eigenvalue weighted by atomic mass is 10.1. The van der Waals surface area contributed by atoms with Gasteiger partial charge in [0.25, 0.3) is 5.56 Å². The topological polar surface area (TPSA) is 77.0 Å². The number of rotatable bonds is 2. The summed E-state index contributed by atoms with van der Waals surface area (Å²) in [6, 6.07) is 7.69. The van der Waals surface area contributed by atoms with Crippen LogP contribution in [0.3, 0.4) is 0 Å². The van der Waals surface area contributed by atoms with E-state index in [4.69, 9.17) is 5.73 Å². The lowest BCUT2D eigenvalue weighted by molar-refractivity contribution is 0.628. The summed E-state index contributed by atoms with van der Waals surface area (Å²) in [6.07, 6.45) is 2.20. The Hall–Kier alpha value is -2.96. The summed E-state index contributed by atoms with van der Waals surface area (Å²) in [6.45, 7) is 1.81. The molecule has 1 aliphatic rings.